The van der Waals surface area contributed by atoms with Gasteiger partial charge >= 0.3 is 0 Å². The molecule has 21 heavy (non-hydrogen) atoms. The van der Waals surface area contributed by atoms with Crippen molar-refractivity contribution in [1.82, 2.24) is 10.2 Å². The van der Waals surface area contributed by atoms with Crippen molar-refractivity contribution in [3.63, 3.8) is 0 Å². The van der Waals surface area contributed by atoms with Crippen molar-refractivity contribution in [2.24, 2.45) is 11.8 Å². The standard InChI is InChI=1S/C18H31N3/c1-21(13-15-5-2-3-6-15)12-10-16-7-4-11-18(16,14-19)20-17-8-9-17/h15-17,20H,2-13H2,1H3. The number of rotatable bonds is 7. The van der Waals surface area contributed by atoms with Gasteiger partial charge in [-0.15, -0.1) is 0 Å². The molecule has 118 valence electrons. The molecule has 3 aliphatic rings. The maximum Gasteiger partial charge on any atom is 0.109 e. The summed E-state index contributed by atoms with van der Waals surface area (Å²) in [6.45, 7) is 2.43. The van der Waals surface area contributed by atoms with E-state index in [0.717, 1.165) is 18.9 Å². The lowest BCUT2D eigenvalue weighted by atomic mass is 9.85. The molecular weight excluding hydrogens is 258 g/mol. The fraction of sp³-hybridized carbons (Fsp3) is 0.944. The summed E-state index contributed by atoms with van der Waals surface area (Å²) < 4.78 is 0. The smallest absolute Gasteiger partial charge is 0.109 e. The molecule has 3 nitrogen and oxygen atoms in total. The number of hydrogen-bond donors (Lipinski definition) is 1. The van der Waals surface area contributed by atoms with Crippen LogP contribution in [0.2, 0.25) is 0 Å². The highest BCUT2D eigenvalue weighted by Crippen LogP contribution is 2.40. The van der Waals surface area contributed by atoms with Crippen molar-refractivity contribution in [3.05, 3.63) is 0 Å². The van der Waals surface area contributed by atoms with Crippen LogP contribution in [-0.4, -0.2) is 36.6 Å². The van der Waals surface area contributed by atoms with Crippen molar-refractivity contribution in [1.29, 1.82) is 5.26 Å². The van der Waals surface area contributed by atoms with Crippen LogP contribution in [0.5, 0.6) is 0 Å². The molecule has 3 aliphatic carbocycles. The number of hydrogen-bond acceptors (Lipinski definition) is 3. The lowest BCUT2D eigenvalue weighted by Crippen LogP contribution is -2.48. The van der Waals surface area contributed by atoms with Crippen LogP contribution in [0.3, 0.4) is 0 Å². The second-order valence-corrected chi connectivity index (χ2v) is 7.79. The Morgan fingerprint density at radius 1 is 1.14 bits per heavy atom. The first kappa shape index (κ1) is 15.3. The highest BCUT2D eigenvalue weighted by molar-refractivity contribution is 5.16. The first-order valence-corrected chi connectivity index (χ1v) is 9.09. The highest BCUT2D eigenvalue weighted by atomic mass is 15.1. The minimum atomic E-state index is -0.199. The van der Waals surface area contributed by atoms with Crippen molar-refractivity contribution in [2.45, 2.75) is 75.8 Å². The van der Waals surface area contributed by atoms with Gasteiger partial charge in [-0.3, -0.25) is 5.32 Å². The van der Waals surface area contributed by atoms with E-state index < -0.39 is 0 Å². The van der Waals surface area contributed by atoms with Gasteiger partial charge in [-0.2, -0.15) is 5.26 Å². The molecule has 0 aromatic carbocycles. The highest BCUT2D eigenvalue weighted by Gasteiger charge is 2.45. The largest absolute Gasteiger partial charge is 0.306 e. The number of nitrogens with zero attached hydrogens (tertiary/aromatic N) is 2. The molecule has 2 atom stereocenters. The molecule has 3 fully saturated rings. The van der Waals surface area contributed by atoms with Gasteiger partial charge in [-0.25, -0.2) is 0 Å². The van der Waals surface area contributed by atoms with Gasteiger partial charge in [0.1, 0.15) is 5.54 Å². The molecule has 0 bridgehead atoms. The van der Waals surface area contributed by atoms with E-state index in [1.54, 1.807) is 0 Å². The maximum atomic E-state index is 9.73. The van der Waals surface area contributed by atoms with Crippen LogP contribution < -0.4 is 5.32 Å². The Kier molecular flexibility index (Phi) is 4.86. The van der Waals surface area contributed by atoms with Gasteiger partial charge in [0.25, 0.3) is 0 Å². The lowest BCUT2D eigenvalue weighted by Gasteiger charge is -2.31. The molecule has 0 heterocycles. The van der Waals surface area contributed by atoms with Crippen LogP contribution in [0.4, 0.5) is 0 Å². The Morgan fingerprint density at radius 2 is 1.90 bits per heavy atom. The van der Waals surface area contributed by atoms with Gasteiger partial charge < -0.3 is 4.90 Å². The summed E-state index contributed by atoms with van der Waals surface area (Å²) in [5, 5.41) is 13.4. The Labute approximate surface area is 130 Å². The minimum Gasteiger partial charge on any atom is -0.306 e. The second kappa shape index (κ2) is 6.67. The van der Waals surface area contributed by atoms with E-state index in [1.165, 1.54) is 64.3 Å². The molecule has 0 radical (unpaired) electrons. The summed E-state index contributed by atoms with van der Waals surface area (Å²) in [6.07, 6.45) is 13.0. The van der Waals surface area contributed by atoms with E-state index in [0.29, 0.717) is 12.0 Å². The molecule has 2 unspecified atom stereocenters. The predicted octanol–water partition coefficient (Wildman–Crippen LogP) is 3.31. The fourth-order valence-electron chi connectivity index (χ4n) is 4.53. The Bertz CT molecular complexity index is 378. The van der Waals surface area contributed by atoms with Crippen molar-refractivity contribution < 1.29 is 0 Å². The normalized spacial score (nSPS) is 33.7. The fourth-order valence-corrected chi connectivity index (χ4v) is 4.53. The zero-order valence-corrected chi connectivity index (χ0v) is 13.6. The molecule has 3 rings (SSSR count). The average molecular weight is 289 g/mol. The molecule has 0 aromatic rings. The second-order valence-electron chi connectivity index (χ2n) is 7.79. The Hall–Kier alpha value is -0.590. The molecule has 3 saturated carbocycles. The summed E-state index contributed by atoms with van der Waals surface area (Å²) in [5.41, 5.74) is -0.199. The summed E-state index contributed by atoms with van der Waals surface area (Å²) >= 11 is 0. The maximum absolute atomic E-state index is 9.73. The van der Waals surface area contributed by atoms with E-state index in [9.17, 15) is 5.26 Å². The first-order chi connectivity index (χ1) is 10.2. The predicted molar refractivity (Wildman–Crippen MR) is 85.9 cm³/mol. The summed E-state index contributed by atoms with van der Waals surface area (Å²) in [6, 6.07) is 3.31. The van der Waals surface area contributed by atoms with Crippen molar-refractivity contribution >= 4 is 0 Å². The topological polar surface area (TPSA) is 39.1 Å². The number of nitrogens with one attached hydrogen (secondary N) is 1. The average Bonchev–Trinajstić information content (AvgIpc) is 2.98. The summed E-state index contributed by atoms with van der Waals surface area (Å²) in [5.74, 6) is 1.50. The molecule has 0 amide bonds. The zero-order chi connectivity index (χ0) is 14.7. The lowest BCUT2D eigenvalue weighted by molar-refractivity contribution is 0.227. The van der Waals surface area contributed by atoms with Gasteiger partial charge in [0, 0.05) is 12.6 Å². The molecule has 0 saturated heterocycles. The van der Waals surface area contributed by atoms with Gasteiger partial charge in [0.05, 0.1) is 6.07 Å². The number of nitriles is 1. The van der Waals surface area contributed by atoms with Gasteiger partial charge in [-0.05, 0) is 70.4 Å². The van der Waals surface area contributed by atoms with Crippen LogP contribution in [0.1, 0.15) is 64.2 Å². The summed E-state index contributed by atoms with van der Waals surface area (Å²) in [4.78, 5) is 2.52. The molecule has 0 spiro atoms. The Morgan fingerprint density at radius 3 is 2.57 bits per heavy atom. The molecule has 0 aliphatic heterocycles. The summed E-state index contributed by atoms with van der Waals surface area (Å²) in [7, 11) is 2.27. The first-order valence-electron chi connectivity index (χ1n) is 9.09. The van der Waals surface area contributed by atoms with Crippen LogP contribution in [0.25, 0.3) is 0 Å². The van der Waals surface area contributed by atoms with Crippen LogP contribution >= 0.6 is 0 Å². The van der Waals surface area contributed by atoms with E-state index in [4.69, 9.17) is 0 Å². The third-order valence-corrected chi connectivity index (χ3v) is 5.96. The van der Waals surface area contributed by atoms with Crippen LogP contribution in [0.15, 0.2) is 0 Å². The molecule has 0 aromatic heterocycles. The van der Waals surface area contributed by atoms with E-state index in [1.807, 2.05) is 0 Å². The van der Waals surface area contributed by atoms with Gasteiger partial charge in [0.15, 0.2) is 0 Å². The monoisotopic (exact) mass is 289 g/mol. The van der Waals surface area contributed by atoms with E-state index in [-0.39, 0.29) is 5.54 Å². The van der Waals surface area contributed by atoms with Gasteiger partial charge in [0.2, 0.25) is 0 Å². The van der Waals surface area contributed by atoms with Gasteiger partial charge in [-0.1, -0.05) is 19.3 Å². The van der Waals surface area contributed by atoms with E-state index in [2.05, 4.69) is 23.3 Å². The van der Waals surface area contributed by atoms with Crippen LogP contribution in [0, 0.1) is 23.2 Å². The quantitative estimate of drug-likeness (QED) is 0.781. The Balaban J connectivity index is 1.47. The SMILES string of the molecule is CN(CCC1CCCC1(C#N)NC1CC1)CC1CCCC1. The molecule has 1 N–H and O–H groups in total. The van der Waals surface area contributed by atoms with Crippen molar-refractivity contribution in [3.8, 4) is 6.07 Å². The zero-order valence-electron chi connectivity index (χ0n) is 13.6. The third kappa shape index (κ3) is 3.79. The minimum absolute atomic E-state index is 0.199. The van der Waals surface area contributed by atoms with Crippen LogP contribution in [-0.2, 0) is 0 Å². The van der Waals surface area contributed by atoms with Crippen molar-refractivity contribution in [2.75, 3.05) is 20.1 Å². The molecular formula is C18H31N3. The van der Waals surface area contributed by atoms with E-state index >= 15 is 0 Å². The third-order valence-electron chi connectivity index (χ3n) is 5.96. The molecule has 3 heteroatoms.